The molecular formula is C26H29N3O6S. The number of fused-ring (bicyclic) bond motifs is 1. The van der Waals surface area contributed by atoms with Crippen molar-refractivity contribution in [2.75, 3.05) is 32.8 Å². The van der Waals surface area contributed by atoms with Gasteiger partial charge in [0.2, 0.25) is 0 Å². The molecule has 9 nitrogen and oxygen atoms in total. The number of nitrogens with zero attached hydrogens (tertiary/aromatic N) is 3. The molecule has 0 amide bonds. The van der Waals surface area contributed by atoms with Crippen LogP contribution in [-0.4, -0.2) is 55.4 Å². The number of hydrogen-bond acceptors (Lipinski definition) is 7. The largest absolute Gasteiger partial charge is 0.496 e. The van der Waals surface area contributed by atoms with Crippen molar-refractivity contribution in [3.63, 3.8) is 0 Å². The average molecular weight is 512 g/mol. The number of imidazole rings is 1. The van der Waals surface area contributed by atoms with Crippen LogP contribution in [-0.2, 0) is 16.9 Å². The highest BCUT2D eigenvalue weighted by molar-refractivity contribution is 7.90. The molecular weight excluding hydrogens is 482 g/mol. The van der Waals surface area contributed by atoms with Gasteiger partial charge in [0.05, 0.1) is 49.3 Å². The van der Waals surface area contributed by atoms with E-state index in [0.717, 1.165) is 17.4 Å². The van der Waals surface area contributed by atoms with Crippen LogP contribution in [0, 0.1) is 0 Å². The summed E-state index contributed by atoms with van der Waals surface area (Å²) < 4.78 is 44.3. The van der Waals surface area contributed by atoms with Crippen LogP contribution in [0.5, 0.6) is 17.4 Å². The molecule has 0 aliphatic carbocycles. The molecule has 2 aromatic carbocycles. The molecule has 2 aromatic heterocycles. The summed E-state index contributed by atoms with van der Waals surface area (Å²) >= 11 is 0. The lowest BCUT2D eigenvalue weighted by Crippen LogP contribution is -2.31. The highest BCUT2D eigenvalue weighted by Crippen LogP contribution is 2.33. The topological polar surface area (TPSA) is 102 Å². The van der Waals surface area contributed by atoms with Crippen molar-refractivity contribution in [2.45, 2.75) is 13.0 Å². The summed E-state index contributed by atoms with van der Waals surface area (Å²) in [6, 6.07) is 15.7. The van der Waals surface area contributed by atoms with E-state index in [-0.39, 0.29) is 17.3 Å². The van der Waals surface area contributed by atoms with Gasteiger partial charge >= 0.3 is 5.69 Å². The van der Waals surface area contributed by atoms with Gasteiger partial charge in [-0.2, -0.15) is 0 Å². The van der Waals surface area contributed by atoms with Gasteiger partial charge in [-0.15, -0.1) is 0 Å². The van der Waals surface area contributed by atoms with Crippen molar-refractivity contribution in [3.8, 4) is 28.5 Å². The van der Waals surface area contributed by atoms with Crippen LogP contribution in [0.2, 0.25) is 0 Å². The molecule has 0 N–H and O–H groups in total. The zero-order valence-corrected chi connectivity index (χ0v) is 21.7. The maximum Gasteiger partial charge on any atom is 0.329 e. The first-order valence-electron chi connectivity index (χ1n) is 11.4. The Kier molecular flexibility index (Phi) is 7.07. The lowest BCUT2D eigenvalue weighted by molar-refractivity contribution is 0.296. The van der Waals surface area contributed by atoms with Crippen molar-refractivity contribution in [3.05, 3.63) is 70.8 Å². The third kappa shape index (κ3) is 4.81. The van der Waals surface area contributed by atoms with Gasteiger partial charge in [0.25, 0.3) is 5.88 Å². The van der Waals surface area contributed by atoms with Gasteiger partial charge < -0.3 is 14.2 Å². The van der Waals surface area contributed by atoms with Gasteiger partial charge in [0.15, 0.2) is 5.75 Å². The minimum Gasteiger partial charge on any atom is -0.496 e. The molecule has 1 atom stereocenters. The Hall–Kier alpha value is -3.79. The number of aryl methyl sites for hydroxylation is 1. The Bertz CT molecular complexity index is 1570. The zero-order valence-electron chi connectivity index (χ0n) is 20.9. The summed E-state index contributed by atoms with van der Waals surface area (Å²) in [5.74, 6) is 1.06. The molecule has 0 aliphatic rings. The fourth-order valence-corrected chi connectivity index (χ4v) is 5.21. The SMILES string of the molecule is CCOc1nc(C(CS(C)(=O)=O)n2c(=O)n(C)c3cc(-c4ccccc4OC)ccc32)ccc1OC. The molecule has 4 aromatic rings. The van der Waals surface area contributed by atoms with Gasteiger partial charge in [0, 0.05) is 18.9 Å². The van der Waals surface area contributed by atoms with Crippen LogP contribution >= 0.6 is 0 Å². The molecule has 0 spiro atoms. The smallest absolute Gasteiger partial charge is 0.329 e. The molecule has 36 heavy (non-hydrogen) atoms. The molecule has 0 aliphatic heterocycles. The molecule has 0 saturated heterocycles. The normalized spacial score (nSPS) is 12.5. The van der Waals surface area contributed by atoms with Crippen LogP contribution in [0.1, 0.15) is 18.7 Å². The van der Waals surface area contributed by atoms with Crippen molar-refractivity contribution in [2.24, 2.45) is 7.05 Å². The van der Waals surface area contributed by atoms with Crippen LogP contribution in [0.3, 0.4) is 0 Å². The van der Waals surface area contributed by atoms with Crippen molar-refractivity contribution in [1.29, 1.82) is 0 Å². The lowest BCUT2D eigenvalue weighted by atomic mass is 10.0. The summed E-state index contributed by atoms with van der Waals surface area (Å²) in [5, 5.41) is 0. The Morgan fingerprint density at radius 2 is 1.69 bits per heavy atom. The molecule has 10 heteroatoms. The van der Waals surface area contributed by atoms with E-state index in [1.807, 2.05) is 49.4 Å². The van der Waals surface area contributed by atoms with E-state index in [2.05, 4.69) is 4.98 Å². The van der Waals surface area contributed by atoms with E-state index >= 15 is 0 Å². The summed E-state index contributed by atoms with van der Waals surface area (Å²) in [6.45, 7) is 2.17. The maximum absolute atomic E-state index is 13.5. The third-order valence-electron chi connectivity index (χ3n) is 5.97. The minimum atomic E-state index is -3.49. The fourth-order valence-electron chi connectivity index (χ4n) is 4.32. The third-order valence-corrected chi connectivity index (χ3v) is 6.89. The number of methoxy groups -OCH3 is 2. The molecule has 2 heterocycles. The molecule has 0 fully saturated rings. The number of pyridine rings is 1. The minimum absolute atomic E-state index is 0.239. The zero-order chi connectivity index (χ0) is 26.0. The number of sulfone groups is 1. The van der Waals surface area contributed by atoms with E-state index < -0.39 is 15.9 Å². The second-order valence-corrected chi connectivity index (χ2v) is 10.6. The Morgan fingerprint density at radius 1 is 0.972 bits per heavy atom. The van der Waals surface area contributed by atoms with Gasteiger partial charge in [-0.05, 0) is 42.8 Å². The molecule has 190 valence electrons. The lowest BCUT2D eigenvalue weighted by Gasteiger charge is -2.19. The van der Waals surface area contributed by atoms with Gasteiger partial charge in [-0.1, -0.05) is 24.3 Å². The summed E-state index contributed by atoms with van der Waals surface area (Å²) in [4.78, 5) is 18.1. The number of ether oxygens (including phenoxy) is 3. The van der Waals surface area contributed by atoms with Crippen molar-refractivity contribution < 1.29 is 22.6 Å². The highest BCUT2D eigenvalue weighted by atomic mass is 32.2. The first-order valence-corrected chi connectivity index (χ1v) is 13.4. The number of rotatable bonds is 9. The summed E-state index contributed by atoms with van der Waals surface area (Å²) in [7, 11) is 1.28. The molecule has 0 saturated carbocycles. The van der Waals surface area contributed by atoms with Crippen LogP contribution in [0.25, 0.3) is 22.2 Å². The molecule has 1 unspecified atom stereocenters. The number of benzene rings is 2. The van der Waals surface area contributed by atoms with Crippen LogP contribution < -0.4 is 19.9 Å². The average Bonchev–Trinajstić information content (AvgIpc) is 3.11. The Morgan fingerprint density at radius 3 is 2.36 bits per heavy atom. The number of aromatic nitrogens is 3. The first-order chi connectivity index (χ1) is 17.2. The predicted molar refractivity (Wildman–Crippen MR) is 139 cm³/mol. The highest BCUT2D eigenvalue weighted by Gasteiger charge is 2.27. The van der Waals surface area contributed by atoms with Gasteiger partial charge in [0.1, 0.15) is 15.6 Å². The van der Waals surface area contributed by atoms with Gasteiger partial charge in [-0.3, -0.25) is 9.13 Å². The summed E-state index contributed by atoms with van der Waals surface area (Å²) in [6.07, 6.45) is 1.14. The van der Waals surface area contributed by atoms with Crippen molar-refractivity contribution >= 4 is 20.9 Å². The molecule has 4 rings (SSSR count). The first kappa shape index (κ1) is 25.3. The summed E-state index contributed by atoms with van der Waals surface area (Å²) in [5.41, 5.74) is 3.02. The quantitative estimate of drug-likeness (QED) is 0.339. The second-order valence-electron chi connectivity index (χ2n) is 8.40. The van der Waals surface area contributed by atoms with Crippen molar-refractivity contribution in [1.82, 2.24) is 14.1 Å². The standard InChI is InChI=1S/C26H29N3O6S/c1-6-35-25-24(34-4)14-12-19(27-25)22(16-36(5,31)32)29-20-13-11-17(15-21(20)28(2)26(29)30)18-9-7-8-10-23(18)33-3/h7-15,22H,6,16H2,1-5H3. The van der Waals surface area contributed by atoms with Crippen LogP contribution in [0.4, 0.5) is 0 Å². The van der Waals surface area contributed by atoms with E-state index in [4.69, 9.17) is 14.2 Å². The van der Waals surface area contributed by atoms with E-state index in [1.165, 1.54) is 16.2 Å². The maximum atomic E-state index is 13.5. The van der Waals surface area contributed by atoms with E-state index in [0.29, 0.717) is 34.8 Å². The molecule has 0 radical (unpaired) electrons. The van der Waals surface area contributed by atoms with E-state index in [9.17, 15) is 13.2 Å². The second kappa shape index (κ2) is 10.1. The Balaban J connectivity index is 1.94. The Labute approximate surface area is 209 Å². The number of para-hydroxylation sites is 1. The molecule has 0 bridgehead atoms. The number of hydrogen-bond donors (Lipinski definition) is 0. The fraction of sp³-hybridized carbons (Fsp3) is 0.308. The monoisotopic (exact) mass is 511 g/mol. The predicted octanol–water partition coefficient (Wildman–Crippen LogP) is 3.45. The van der Waals surface area contributed by atoms with Crippen LogP contribution in [0.15, 0.2) is 59.4 Å². The van der Waals surface area contributed by atoms with Gasteiger partial charge in [-0.25, -0.2) is 18.2 Å². The van der Waals surface area contributed by atoms with E-state index in [1.54, 1.807) is 26.3 Å².